The molecule has 6 heteroatoms. The van der Waals surface area contributed by atoms with Gasteiger partial charge in [0.25, 0.3) is 5.91 Å². The lowest BCUT2D eigenvalue weighted by Gasteiger charge is -2.18. The highest BCUT2D eigenvalue weighted by molar-refractivity contribution is 6.30. The van der Waals surface area contributed by atoms with E-state index in [1.165, 1.54) is 18.2 Å². The van der Waals surface area contributed by atoms with Gasteiger partial charge in [-0.3, -0.25) is 4.79 Å². The number of allylic oxidation sites excluding steroid dienone is 1. The average molecular weight is 458 g/mol. The zero-order chi connectivity index (χ0) is 23.3. The van der Waals surface area contributed by atoms with Crippen molar-refractivity contribution in [3.63, 3.8) is 0 Å². The smallest absolute Gasteiger partial charge is 0.348 e. The third kappa shape index (κ3) is 6.24. The summed E-state index contributed by atoms with van der Waals surface area (Å²) >= 11 is 5.96. The zero-order valence-electron chi connectivity index (χ0n) is 17.7. The second-order valence-electron chi connectivity index (χ2n) is 7.68. The Labute approximate surface area is 190 Å². The summed E-state index contributed by atoms with van der Waals surface area (Å²) in [7, 11) is 0. The van der Waals surface area contributed by atoms with Crippen LogP contribution in [-0.2, 0) is 6.54 Å². The van der Waals surface area contributed by atoms with E-state index < -0.39 is 12.1 Å². The highest BCUT2D eigenvalue weighted by Crippen LogP contribution is 2.37. The molecule has 2 nitrogen and oxygen atoms in total. The first-order chi connectivity index (χ1) is 15.1. The van der Waals surface area contributed by atoms with Gasteiger partial charge in [-0.15, -0.1) is 0 Å². The molecule has 0 aliphatic heterocycles. The maximum atomic E-state index is 13.7. The third-order valence-corrected chi connectivity index (χ3v) is 5.27. The van der Waals surface area contributed by atoms with Crippen molar-refractivity contribution in [3.8, 4) is 0 Å². The summed E-state index contributed by atoms with van der Waals surface area (Å²) in [6.45, 7) is 3.86. The first-order valence-electron chi connectivity index (χ1n) is 10.1. The summed E-state index contributed by atoms with van der Waals surface area (Å²) in [4.78, 5) is 12.5. The number of alkyl halides is 3. The van der Waals surface area contributed by atoms with Crippen LogP contribution in [0.25, 0.3) is 6.08 Å². The van der Waals surface area contributed by atoms with E-state index in [9.17, 15) is 18.0 Å². The molecule has 32 heavy (non-hydrogen) atoms. The lowest BCUT2D eigenvalue weighted by Crippen LogP contribution is -2.23. The third-order valence-electron chi connectivity index (χ3n) is 5.05. The monoisotopic (exact) mass is 457 g/mol. The Balaban J connectivity index is 1.77. The zero-order valence-corrected chi connectivity index (χ0v) is 18.5. The lowest BCUT2D eigenvalue weighted by atomic mass is 9.95. The predicted octanol–water partition coefficient (Wildman–Crippen LogP) is 7.25. The molecule has 0 aliphatic rings. The first kappa shape index (κ1) is 23.6. The number of nitrogens with one attached hydrogen (secondary N) is 1. The highest BCUT2D eigenvalue weighted by atomic mass is 35.5. The Morgan fingerprint density at radius 2 is 1.75 bits per heavy atom. The molecule has 3 aromatic rings. The summed E-state index contributed by atoms with van der Waals surface area (Å²) in [5.74, 6) is -2.02. The molecule has 166 valence electrons. The Hall–Kier alpha value is -3.05. The van der Waals surface area contributed by atoms with Gasteiger partial charge in [-0.2, -0.15) is 13.2 Å². The standard InChI is InChI=1S/C26H23ClF3NO/c1-17-12-21(15-22(27)13-17)24(26(28,29)30)11-9-19-8-10-23(18(2)14-19)25(32)31-16-20-6-4-3-5-7-20/h3-15,24H,16H2,1-2H3,(H,31,32)/b11-9+. The van der Waals surface area contributed by atoms with Crippen LogP contribution >= 0.6 is 11.6 Å². The fourth-order valence-corrected chi connectivity index (χ4v) is 3.78. The van der Waals surface area contributed by atoms with Crippen molar-refractivity contribution in [1.29, 1.82) is 0 Å². The SMILES string of the molecule is Cc1cc(Cl)cc(C(/C=C/c2ccc(C(=O)NCc3ccccc3)c(C)c2)C(F)(F)F)c1. The van der Waals surface area contributed by atoms with Crippen molar-refractivity contribution in [2.75, 3.05) is 0 Å². The van der Waals surface area contributed by atoms with Gasteiger partial charge >= 0.3 is 6.18 Å². The van der Waals surface area contributed by atoms with Crippen LogP contribution in [0.3, 0.4) is 0 Å². The van der Waals surface area contributed by atoms with Crippen molar-refractivity contribution in [2.24, 2.45) is 0 Å². The van der Waals surface area contributed by atoms with E-state index in [2.05, 4.69) is 5.32 Å². The van der Waals surface area contributed by atoms with Crippen molar-refractivity contribution in [1.82, 2.24) is 5.32 Å². The molecule has 1 atom stereocenters. The molecular formula is C26H23ClF3NO. The number of hydrogen-bond donors (Lipinski definition) is 1. The van der Waals surface area contributed by atoms with Crippen molar-refractivity contribution in [3.05, 3.63) is 111 Å². The number of carbonyl (C=O) groups is 1. The fraction of sp³-hybridized carbons (Fsp3) is 0.192. The Bertz CT molecular complexity index is 1100. The molecule has 1 amide bonds. The Kier molecular flexibility index (Phi) is 7.41. The summed E-state index contributed by atoms with van der Waals surface area (Å²) < 4.78 is 41.1. The molecule has 0 heterocycles. The van der Waals surface area contributed by atoms with Crippen LogP contribution in [0.1, 0.15) is 44.1 Å². The van der Waals surface area contributed by atoms with E-state index in [0.29, 0.717) is 28.8 Å². The minimum absolute atomic E-state index is 0.0902. The van der Waals surface area contributed by atoms with Gasteiger partial charge in [0.15, 0.2) is 0 Å². The van der Waals surface area contributed by atoms with Gasteiger partial charge in [0, 0.05) is 17.1 Å². The lowest BCUT2D eigenvalue weighted by molar-refractivity contribution is -0.139. The molecule has 1 N–H and O–H groups in total. The molecule has 3 rings (SSSR count). The number of rotatable bonds is 6. The minimum atomic E-state index is -4.46. The van der Waals surface area contributed by atoms with Crippen LogP contribution in [0.5, 0.6) is 0 Å². The Morgan fingerprint density at radius 1 is 1.03 bits per heavy atom. The molecule has 1 unspecified atom stereocenters. The van der Waals surface area contributed by atoms with Crippen molar-refractivity contribution in [2.45, 2.75) is 32.5 Å². The van der Waals surface area contributed by atoms with Crippen molar-refractivity contribution < 1.29 is 18.0 Å². The van der Waals surface area contributed by atoms with E-state index in [0.717, 1.165) is 11.6 Å². The van der Waals surface area contributed by atoms with Crippen LogP contribution in [0.15, 0.2) is 72.8 Å². The molecule has 0 aromatic heterocycles. The number of aryl methyl sites for hydroxylation is 2. The number of carbonyl (C=O) groups excluding carboxylic acids is 1. The van der Waals surface area contributed by atoms with Crippen LogP contribution in [0.4, 0.5) is 13.2 Å². The second kappa shape index (κ2) is 10.0. The maximum Gasteiger partial charge on any atom is 0.399 e. The van der Waals surface area contributed by atoms with E-state index >= 15 is 0 Å². The van der Waals surface area contributed by atoms with Gasteiger partial charge in [0.1, 0.15) is 0 Å². The van der Waals surface area contributed by atoms with Gasteiger partial charge < -0.3 is 5.32 Å². The van der Waals surface area contributed by atoms with Gasteiger partial charge in [0.05, 0.1) is 5.92 Å². The predicted molar refractivity (Wildman–Crippen MR) is 123 cm³/mol. The molecule has 0 spiro atoms. The van der Waals surface area contributed by atoms with Gasteiger partial charge in [-0.05, 0) is 59.9 Å². The minimum Gasteiger partial charge on any atom is -0.348 e. The van der Waals surface area contributed by atoms with E-state index in [1.807, 2.05) is 30.3 Å². The second-order valence-corrected chi connectivity index (χ2v) is 8.12. The highest BCUT2D eigenvalue weighted by Gasteiger charge is 2.39. The molecule has 0 fully saturated rings. The Morgan fingerprint density at radius 3 is 2.38 bits per heavy atom. The normalized spacial score (nSPS) is 12.7. The van der Waals surface area contributed by atoms with E-state index in [1.54, 1.807) is 38.1 Å². The fourth-order valence-electron chi connectivity index (χ4n) is 3.48. The first-order valence-corrected chi connectivity index (χ1v) is 10.5. The summed E-state index contributed by atoms with van der Waals surface area (Å²) in [6.07, 6.45) is -1.91. The molecule has 3 aromatic carbocycles. The summed E-state index contributed by atoms with van der Waals surface area (Å²) in [6, 6.07) is 18.9. The van der Waals surface area contributed by atoms with Crippen molar-refractivity contribution >= 4 is 23.6 Å². The average Bonchev–Trinajstić information content (AvgIpc) is 2.71. The number of halogens is 4. The molecule has 0 bridgehead atoms. The maximum absolute atomic E-state index is 13.7. The molecule has 0 aliphatic carbocycles. The topological polar surface area (TPSA) is 29.1 Å². The van der Waals surface area contributed by atoms with Crippen LogP contribution < -0.4 is 5.32 Å². The van der Waals surface area contributed by atoms with Crippen LogP contribution in [0, 0.1) is 13.8 Å². The molecule has 0 saturated carbocycles. The van der Waals surface area contributed by atoms with Crippen LogP contribution in [0.2, 0.25) is 5.02 Å². The summed E-state index contributed by atoms with van der Waals surface area (Å²) in [5.41, 5.74) is 3.47. The largest absolute Gasteiger partial charge is 0.399 e. The summed E-state index contributed by atoms with van der Waals surface area (Å²) in [5, 5.41) is 3.13. The number of hydrogen-bond acceptors (Lipinski definition) is 1. The van der Waals surface area contributed by atoms with Gasteiger partial charge in [0.2, 0.25) is 0 Å². The number of amides is 1. The molecule has 0 saturated heterocycles. The van der Waals surface area contributed by atoms with Gasteiger partial charge in [-0.25, -0.2) is 0 Å². The van der Waals surface area contributed by atoms with Crippen LogP contribution in [-0.4, -0.2) is 12.1 Å². The molecule has 0 radical (unpaired) electrons. The molecular weight excluding hydrogens is 435 g/mol. The van der Waals surface area contributed by atoms with Gasteiger partial charge in [-0.1, -0.05) is 72.3 Å². The quantitative estimate of drug-likeness (QED) is 0.415. The van der Waals surface area contributed by atoms with E-state index in [4.69, 9.17) is 11.6 Å². The number of benzene rings is 3. The van der Waals surface area contributed by atoms with E-state index in [-0.39, 0.29) is 16.5 Å².